The number of H-pyrrole nitrogens is 1. The molecule has 0 unspecified atom stereocenters. The van der Waals surface area contributed by atoms with E-state index in [2.05, 4.69) is 9.97 Å². The van der Waals surface area contributed by atoms with E-state index < -0.39 is 0 Å². The van der Waals surface area contributed by atoms with Crippen LogP contribution in [0, 0.1) is 0 Å². The lowest BCUT2D eigenvalue weighted by molar-refractivity contribution is 0.403. The summed E-state index contributed by atoms with van der Waals surface area (Å²) in [4.78, 5) is 7.05. The van der Waals surface area contributed by atoms with E-state index in [1.165, 1.54) is 0 Å². The summed E-state index contributed by atoms with van der Waals surface area (Å²) in [5.74, 6) is 0.598. The average Bonchev–Trinajstić information content (AvgIpc) is 2.54. The molecule has 2 radical (unpaired) electrons. The van der Waals surface area contributed by atoms with Crippen molar-refractivity contribution in [3.05, 3.63) is 18.5 Å². The molecule has 0 aliphatic rings. The number of hydrogen-bond acceptors (Lipinski definition) is 2. The van der Waals surface area contributed by atoms with Crippen LogP contribution in [0.2, 0.25) is 0 Å². The summed E-state index contributed by atoms with van der Waals surface area (Å²) >= 11 is 0. The standard InChI is InChI=1S/C8H7BN2O/c1-12-8-5-2-3-10-7(5)6(9)4-11-8/h2-4,10H,1H3. The quantitative estimate of drug-likeness (QED) is 0.608. The Morgan fingerprint density at radius 1 is 1.58 bits per heavy atom. The summed E-state index contributed by atoms with van der Waals surface area (Å²) in [6.07, 6.45) is 3.39. The summed E-state index contributed by atoms with van der Waals surface area (Å²) in [6, 6.07) is 1.89. The van der Waals surface area contributed by atoms with Crippen LogP contribution in [0.15, 0.2) is 18.5 Å². The van der Waals surface area contributed by atoms with Gasteiger partial charge in [-0.25, -0.2) is 4.98 Å². The van der Waals surface area contributed by atoms with Crippen LogP contribution in [-0.2, 0) is 0 Å². The molecular formula is C8H7BN2O. The molecule has 2 rings (SSSR count). The van der Waals surface area contributed by atoms with E-state index in [0.717, 1.165) is 10.9 Å². The third kappa shape index (κ3) is 0.880. The highest BCUT2D eigenvalue weighted by Gasteiger charge is 2.04. The molecule has 0 atom stereocenters. The Hall–Kier alpha value is -1.45. The minimum Gasteiger partial charge on any atom is -0.481 e. The lowest BCUT2D eigenvalue weighted by atomic mass is 9.97. The predicted molar refractivity (Wildman–Crippen MR) is 48.0 cm³/mol. The van der Waals surface area contributed by atoms with E-state index in [9.17, 15) is 0 Å². The molecule has 4 heteroatoms. The molecule has 0 saturated carbocycles. The summed E-state index contributed by atoms with van der Waals surface area (Å²) in [5, 5.41) is 0.914. The minimum atomic E-state index is 0.598. The Morgan fingerprint density at radius 3 is 3.17 bits per heavy atom. The Kier molecular flexibility index (Phi) is 1.53. The van der Waals surface area contributed by atoms with Gasteiger partial charge in [0.2, 0.25) is 5.88 Å². The van der Waals surface area contributed by atoms with E-state index >= 15 is 0 Å². The van der Waals surface area contributed by atoms with Crippen LogP contribution >= 0.6 is 0 Å². The van der Waals surface area contributed by atoms with E-state index in [4.69, 9.17) is 12.6 Å². The van der Waals surface area contributed by atoms with Crippen LogP contribution in [0.1, 0.15) is 0 Å². The maximum Gasteiger partial charge on any atom is 0.222 e. The van der Waals surface area contributed by atoms with Crippen LogP contribution in [0.4, 0.5) is 0 Å². The molecule has 0 aliphatic heterocycles. The Morgan fingerprint density at radius 2 is 2.42 bits per heavy atom. The molecule has 0 aliphatic carbocycles. The predicted octanol–water partition coefficient (Wildman–Crippen LogP) is 0.365. The van der Waals surface area contributed by atoms with Gasteiger partial charge in [0.05, 0.1) is 12.5 Å². The second-order valence-corrected chi connectivity index (χ2v) is 2.49. The first-order valence-electron chi connectivity index (χ1n) is 3.58. The van der Waals surface area contributed by atoms with Gasteiger partial charge < -0.3 is 9.72 Å². The van der Waals surface area contributed by atoms with Crippen LogP contribution < -0.4 is 10.2 Å². The van der Waals surface area contributed by atoms with Crippen molar-refractivity contribution in [1.82, 2.24) is 9.97 Å². The monoisotopic (exact) mass is 158 g/mol. The first-order valence-corrected chi connectivity index (χ1v) is 3.58. The number of aromatic nitrogens is 2. The van der Waals surface area contributed by atoms with Crippen molar-refractivity contribution in [3.8, 4) is 5.88 Å². The fraction of sp³-hybridized carbons (Fsp3) is 0.125. The summed E-state index contributed by atoms with van der Waals surface area (Å²) in [6.45, 7) is 0. The molecule has 58 valence electrons. The van der Waals surface area contributed by atoms with Gasteiger partial charge in [0.25, 0.3) is 0 Å². The molecule has 3 nitrogen and oxygen atoms in total. The van der Waals surface area contributed by atoms with Gasteiger partial charge in [0, 0.05) is 17.9 Å². The topological polar surface area (TPSA) is 37.9 Å². The zero-order chi connectivity index (χ0) is 8.55. The fourth-order valence-electron chi connectivity index (χ4n) is 1.21. The zero-order valence-electron chi connectivity index (χ0n) is 6.66. The lowest BCUT2D eigenvalue weighted by Gasteiger charge is -2.01. The summed E-state index contributed by atoms with van der Waals surface area (Å²) in [5.41, 5.74) is 1.51. The van der Waals surface area contributed by atoms with Crippen LogP contribution in [-0.4, -0.2) is 24.9 Å². The van der Waals surface area contributed by atoms with Gasteiger partial charge >= 0.3 is 0 Å². The number of aromatic amines is 1. The van der Waals surface area contributed by atoms with Gasteiger partial charge in [0.1, 0.15) is 7.85 Å². The highest BCUT2D eigenvalue weighted by Crippen LogP contribution is 2.18. The number of fused-ring (bicyclic) bond motifs is 1. The summed E-state index contributed by atoms with van der Waals surface area (Å²) in [7, 11) is 7.26. The van der Waals surface area contributed by atoms with Crippen molar-refractivity contribution >= 4 is 24.2 Å². The van der Waals surface area contributed by atoms with Gasteiger partial charge in [-0.1, -0.05) is 5.46 Å². The second-order valence-electron chi connectivity index (χ2n) is 2.49. The van der Waals surface area contributed by atoms with Crippen molar-refractivity contribution in [3.63, 3.8) is 0 Å². The maximum absolute atomic E-state index is 5.67. The van der Waals surface area contributed by atoms with Gasteiger partial charge in [-0.2, -0.15) is 0 Å². The van der Waals surface area contributed by atoms with Crippen molar-refractivity contribution in [2.24, 2.45) is 0 Å². The molecule has 2 heterocycles. The SMILES string of the molecule is [B]c1cnc(OC)c2cc[nH]c12. The Bertz CT molecular complexity index is 410. The highest BCUT2D eigenvalue weighted by molar-refractivity contribution is 6.38. The molecule has 0 bridgehead atoms. The van der Waals surface area contributed by atoms with Crippen LogP contribution in [0.3, 0.4) is 0 Å². The van der Waals surface area contributed by atoms with E-state index in [0.29, 0.717) is 11.3 Å². The number of pyridine rings is 1. The van der Waals surface area contributed by atoms with Crippen LogP contribution in [0.5, 0.6) is 5.88 Å². The van der Waals surface area contributed by atoms with Crippen LogP contribution in [0.25, 0.3) is 10.9 Å². The van der Waals surface area contributed by atoms with E-state index in [1.54, 1.807) is 13.3 Å². The molecule has 2 aromatic heterocycles. The lowest BCUT2D eigenvalue weighted by Crippen LogP contribution is -2.05. The number of rotatable bonds is 1. The fourth-order valence-corrected chi connectivity index (χ4v) is 1.21. The smallest absolute Gasteiger partial charge is 0.222 e. The molecule has 0 saturated heterocycles. The molecule has 0 aromatic carbocycles. The van der Waals surface area contributed by atoms with E-state index in [1.807, 2.05) is 12.3 Å². The largest absolute Gasteiger partial charge is 0.481 e. The summed E-state index contributed by atoms with van der Waals surface area (Å²) < 4.78 is 5.05. The van der Waals surface area contributed by atoms with E-state index in [-0.39, 0.29) is 0 Å². The molecule has 0 fully saturated rings. The number of hydrogen-bond donors (Lipinski definition) is 1. The third-order valence-electron chi connectivity index (χ3n) is 1.78. The molecule has 0 spiro atoms. The number of nitrogens with zero attached hydrogens (tertiary/aromatic N) is 1. The van der Waals surface area contributed by atoms with Gasteiger partial charge in [-0.3, -0.25) is 0 Å². The van der Waals surface area contributed by atoms with Gasteiger partial charge in [-0.15, -0.1) is 0 Å². The van der Waals surface area contributed by atoms with Crippen molar-refractivity contribution in [1.29, 1.82) is 0 Å². The highest BCUT2D eigenvalue weighted by atomic mass is 16.5. The minimum absolute atomic E-state index is 0.598. The van der Waals surface area contributed by atoms with Crippen molar-refractivity contribution in [2.45, 2.75) is 0 Å². The van der Waals surface area contributed by atoms with Crippen molar-refractivity contribution in [2.75, 3.05) is 7.11 Å². The molecule has 1 N–H and O–H groups in total. The Labute approximate surface area is 71.2 Å². The van der Waals surface area contributed by atoms with Gasteiger partial charge in [-0.05, 0) is 6.07 Å². The average molecular weight is 158 g/mol. The Balaban J connectivity index is 2.82. The second kappa shape index (κ2) is 2.55. The molecule has 2 aromatic rings. The number of nitrogens with one attached hydrogen (secondary N) is 1. The third-order valence-corrected chi connectivity index (χ3v) is 1.78. The molecule has 12 heavy (non-hydrogen) atoms. The first kappa shape index (κ1) is 7.22. The molecule has 0 amide bonds. The zero-order valence-corrected chi connectivity index (χ0v) is 6.66. The number of ether oxygens (including phenoxy) is 1. The number of methoxy groups -OCH3 is 1. The van der Waals surface area contributed by atoms with Gasteiger partial charge in [0.15, 0.2) is 0 Å². The maximum atomic E-state index is 5.67. The normalized spacial score (nSPS) is 10.4. The first-order chi connectivity index (χ1) is 5.83. The van der Waals surface area contributed by atoms with Crippen molar-refractivity contribution < 1.29 is 4.74 Å². The molecular weight excluding hydrogens is 151 g/mol.